The zero-order chi connectivity index (χ0) is 15.2. The second-order valence-electron chi connectivity index (χ2n) is 5.64. The molecule has 0 radical (unpaired) electrons. The Morgan fingerprint density at radius 3 is 2.57 bits per heavy atom. The van der Waals surface area contributed by atoms with Crippen LogP contribution in [0.2, 0.25) is 0 Å². The van der Waals surface area contributed by atoms with Crippen molar-refractivity contribution in [1.29, 1.82) is 0 Å². The number of hydrogen-bond acceptors (Lipinski definition) is 3. The number of hydrogen-bond donors (Lipinski definition) is 0. The maximum atomic E-state index is 12.9. The van der Waals surface area contributed by atoms with Crippen LogP contribution in [0.25, 0.3) is 0 Å². The number of likely N-dealkylation sites (N-methyl/N-ethyl adjacent to an activating group) is 1. The third kappa shape index (κ3) is 4.79. The highest BCUT2D eigenvalue weighted by Gasteiger charge is 2.19. The number of morpholine rings is 1. The van der Waals surface area contributed by atoms with Gasteiger partial charge in [0.25, 0.3) is 0 Å². The highest BCUT2D eigenvalue weighted by Crippen LogP contribution is 2.16. The molecule has 1 saturated heterocycles. The summed E-state index contributed by atoms with van der Waals surface area (Å²) in [7, 11) is 1.94. The molecule has 4 nitrogen and oxygen atoms in total. The summed E-state index contributed by atoms with van der Waals surface area (Å²) in [5, 5.41) is 0. The molecule has 0 spiro atoms. The fourth-order valence-electron chi connectivity index (χ4n) is 2.57. The second-order valence-corrected chi connectivity index (χ2v) is 5.64. The van der Waals surface area contributed by atoms with Gasteiger partial charge in [0.2, 0.25) is 5.91 Å². The molecule has 0 N–H and O–H groups in total. The van der Waals surface area contributed by atoms with Crippen LogP contribution in [0.1, 0.15) is 18.4 Å². The first-order chi connectivity index (χ1) is 10.1. The number of benzene rings is 1. The Morgan fingerprint density at radius 2 is 1.95 bits per heavy atom. The summed E-state index contributed by atoms with van der Waals surface area (Å²) in [6.07, 6.45) is 0. The van der Waals surface area contributed by atoms with Gasteiger partial charge in [-0.1, -0.05) is 19.1 Å². The van der Waals surface area contributed by atoms with E-state index in [0.29, 0.717) is 32.8 Å². The van der Waals surface area contributed by atoms with Crippen molar-refractivity contribution in [2.75, 3.05) is 46.4 Å². The number of carbonyl (C=O) groups is 1. The minimum Gasteiger partial charge on any atom is -0.378 e. The van der Waals surface area contributed by atoms with Gasteiger partial charge >= 0.3 is 0 Å². The predicted molar refractivity (Wildman–Crippen MR) is 79.7 cm³/mol. The van der Waals surface area contributed by atoms with Crippen LogP contribution < -0.4 is 0 Å². The standard InChI is InChI=1S/C16H23FN2O2/c1-13(14-3-5-15(17)6-4-14)11-18(2)12-16(20)19-7-9-21-10-8-19/h3-6,13H,7-12H2,1-2H3/t13-/m0/s1. The molecule has 2 rings (SSSR count). The van der Waals surface area contributed by atoms with Crippen molar-refractivity contribution in [3.05, 3.63) is 35.6 Å². The van der Waals surface area contributed by atoms with E-state index in [9.17, 15) is 9.18 Å². The number of halogens is 1. The van der Waals surface area contributed by atoms with E-state index in [-0.39, 0.29) is 17.6 Å². The molecule has 116 valence electrons. The van der Waals surface area contributed by atoms with Crippen LogP contribution >= 0.6 is 0 Å². The smallest absolute Gasteiger partial charge is 0.236 e. The number of amides is 1. The average Bonchev–Trinajstić information content (AvgIpc) is 2.48. The fraction of sp³-hybridized carbons (Fsp3) is 0.562. The van der Waals surface area contributed by atoms with Gasteiger partial charge < -0.3 is 9.64 Å². The number of rotatable bonds is 5. The molecule has 1 aliphatic heterocycles. The van der Waals surface area contributed by atoms with Crippen molar-refractivity contribution in [2.24, 2.45) is 0 Å². The van der Waals surface area contributed by atoms with Gasteiger partial charge in [0.15, 0.2) is 0 Å². The summed E-state index contributed by atoms with van der Waals surface area (Å²) in [6.45, 7) is 5.87. The van der Waals surface area contributed by atoms with Gasteiger partial charge in [-0.05, 0) is 30.7 Å². The molecule has 0 aliphatic carbocycles. The summed E-state index contributed by atoms with van der Waals surface area (Å²) in [5.74, 6) is 0.182. The number of carbonyl (C=O) groups excluding carboxylic acids is 1. The van der Waals surface area contributed by atoms with Gasteiger partial charge in [-0.15, -0.1) is 0 Å². The molecule has 21 heavy (non-hydrogen) atoms. The third-order valence-corrected chi connectivity index (χ3v) is 3.79. The maximum absolute atomic E-state index is 12.9. The zero-order valence-corrected chi connectivity index (χ0v) is 12.7. The molecule has 1 aromatic carbocycles. The Kier molecular flexibility index (Phi) is 5.70. The summed E-state index contributed by atoms with van der Waals surface area (Å²) in [6, 6.07) is 6.56. The van der Waals surface area contributed by atoms with E-state index in [0.717, 1.165) is 12.1 Å². The first kappa shape index (κ1) is 15.9. The maximum Gasteiger partial charge on any atom is 0.236 e. The lowest BCUT2D eigenvalue weighted by Crippen LogP contribution is -2.45. The van der Waals surface area contributed by atoms with E-state index in [1.54, 1.807) is 12.1 Å². The van der Waals surface area contributed by atoms with Crippen LogP contribution in [0, 0.1) is 5.82 Å². The van der Waals surface area contributed by atoms with Crippen molar-refractivity contribution >= 4 is 5.91 Å². The van der Waals surface area contributed by atoms with E-state index in [2.05, 4.69) is 6.92 Å². The lowest BCUT2D eigenvalue weighted by atomic mass is 10.0. The highest BCUT2D eigenvalue weighted by molar-refractivity contribution is 5.78. The van der Waals surface area contributed by atoms with Crippen molar-refractivity contribution in [3.8, 4) is 0 Å². The first-order valence-corrected chi connectivity index (χ1v) is 7.36. The van der Waals surface area contributed by atoms with Crippen LogP contribution in [0.3, 0.4) is 0 Å². The molecule has 1 aliphatic rings. The van der Waals surface area contributed by atoms with Crippen LogP contribution in [0.5, 0.6) is 0 Å². The van der Waals surface area contributed by atoms with E-state index < -0.39 is 0 Å². The Balaban J connectivity index is 1.81. The van der Waals surface area contributed by atoms with E-state index in [4.69, 9.17) is 4.74 Å². The summed E-state index contributed by atoms with van der Waals surface area (Å²) in [5.41, 5.74) is 1.09. The monoisotopic (exact) mass is 294 g/mol. The highest BCUT2D eigenvalue weighted by atomic mass is 19.1. The zero-order valence-electron chi connectivity index (χ0n) is 12.7. The quantitative estimate of drug-likeness (QED) is 0.829. The van der Waals surface area contributed by atoms with Crippen LogP contribution in [-0.4, -0.2) is 62.1 Å². The van der Waals surface area contributed by atoms with Crippen molar-refractivity contribution in [3.63, 3.8) is 0 Å². The molecule has 0 unspecified atom stereocenters. The lowest BCUT2D eigenvalue weighted by Gasteiger charge is -2.29. The molecule has 0 saturated carbocycles. The van der Waals surface area contributed by atoms with Gasteiger partial charge in [-0.2, -0.15) is 0 Å². The Morgan fingerprint density at radius 1 is 1.33 bits per heavy atom. The summed E-state index contributed by atoms with van der Waals surface area (Å²) in [4.78, 5) is 16.0. The number of ether oxygens (including phenoxy) is 1. The summed E-state index contributed by atoms with van der Waals surface area (Å²) < 4.78 is 18.2. The van der Waals surface area contributed by atoms with Crippen LogP contribution in [-0.2, 0) is 9.53 Å². The summed E-state index contributed by atoms with van der Waals surface area (Å²) >= 11 is 0. The minimum atomic E-state index is -0.221. The van der Waals surface area contributed by atoms with E-state index in [1.165, 1.54) is 12.1 Å². The van der Waals surface area contributed by atoms with E-state index in [1.807, 2.05) is 16.8 Å². The predicted octanol–water partition coefficient (Wildman–Crippen LogP) is 1.72. The molecule has 1 amide bonds. The first-order valence-electron chi connectivity index (χ1n) is 7.36. The topological polar surface area (TPSA) is 32.8 Å². The molecular weight excluding hydrogens is 271 g/mol. The second kappa shape index (κ2) is 7.52. The molecule has 1 fully saturated rings. The Bertz CT molecular complexity index is 458. The van der Waals surface area contributed by atoms with E-state index >= 15 is 0 Å². The normalized spacial score (nSPS) is 17.0. The largest absolute Gasteiger partial charge is 0.378 e. The molecule has 0 bridgehead atoms. The lowest BCUT2D eigenvalue weighted by molar-refractivity contribution is -0.136. The average molecular weight is 294 g/mol. The third-order valence-electron chi connectivity index (χ3n) is 3.79. The van der Waals surface area contributed by atoms with Gasteiger partial charge in [0.1, 0.15) is 5.82 Å². The molecule has 1 heterocycles. The van der Waals surface area contributed by atoms with Gasteiger partial charge in [0.05, 0.1) is 19.8 Å². The van der Waals surface area contributed by atoms with Gasteiger partial charge in [-0.25, -0.2) is 4.39 Å². The Hall–Kier alpha value is -1.46. The van der Waals surface area contributed by atoms with Crippen LogP contribution in [0.4, 0.5) is 4.39 Å². The van der Waals surface area contributed by atoms with Gasteiger partial charge in [0, 0.05) is 19.6 Å². The fourth-order valence-corrected chi connectivity index (χ4v) is 2.57. The molecule has 0 aromatic heterocycles. The molecular formula is C16H23FN2O2. The molecule has 5 heteroatoms. The van der Waals surface area contributed by atoms with Crippen molar-refractivity contribution < 1.29 is 13.9 Å². The van der Waals surface area contributed by atoms with Crippen LogP contribution in [0.15, 0.2) is 24.3 Å². The van der Waals surface area contributed by atoms with Crippen molar-refractivity contribution in [1.82, 2.24) is 9.80 Å². The van der Waals surface area contributed by atoms with Gasteiger partial charge in [-0.3, -0.25) is 9.69 Å². The minimum absolute atomic E-state index is 0.145. The SMILES string of the molecule is C[C@@H](CN(C)CC(=O)N1CCOCC1)c1ccc(F)cc1. The Labute approximate surface area is 125 Å². The molecule has 1 atom stereocenters. The molecule has 1 aromatic rings. The van der Waals surface area contributed by atoms with Crippen molar-refractivity contribution in [2.45, 2.75) is 12.8 Å². The number of nitrogens with zero attached hydrogens (tertiary/aromatic N) is 2.